The summed E-state index contributed by atoms with van der Waals surface area (Å²) in [5, 5.41) is 6.56. The van der Waals surface area contributed by atoms with Gasteiger partial charge in [0.1, 0.15) is 0 Å². The summed E-state index contributed by atoms with van der Waals surface area (Å²) in [6.07, 6.45) is 0.781. The van der Waals surface area contributed by atoms with Gasteiger partial charge in [-0.15, -0.1) is 12.4 Å². The van der Waals surface area contributed by atoms with Gasteiger partial charge < -0.3 is 15.5 Å². The molecule has 0 aromatic heterocycles. The second-order valence-corrected chi connectivity index (χ2v) is 6.23. The molecule has 0 saturated heterocycles. The van der Waals surface area contributed by atoms with Crippen molar-refractivity contribution < 1.29 is 9.59 Å². The van der Waals surface area contributed by atoms with Gasteiger partial charge in [-0.2, -0.15) is 0 Å². The lowest BCUT2D eigenvalue weighted by Gasteiger charge is -2.25. The fraction of sp³-hybridized carbons (Fsp3) is 0.500. The zero-order valence-corrected chi connectivity index (χ0v) is 16.4. The highest BCUT2D eigenvalue weighted by Gasteiger charge is 2.21. The Morgan fingerprint density at radius 1 is 1.29 bits per heavy atom. The number of anilines is 1. The quantitative estimate of drug-likeness (QED) is 0.707. The largest absolute Gasteiger partial charge is 0.333 e. The normalized spacial score (nSPS) is 11.4. The van der Waals surface area contributed by atoms with E-state index in [0.29, 0.717) is 28.8 Å². The molecule has 0 aliphatic carbocycles. The molecule has 2 amide bonds. The van der Waals surface area contributed by atoms with Gasteiger partial charge in [0, 0.05) is 24.0 Å². The average Bonchev–Trinajstić information content (AvgIpc) is 2.50. The van der Waals surface area contributed by atoms with Crippen LogP contribution in [0.1, 0.15) is 20.3 Å². The highest BCUT2D eigenvalue weighted by Crippen LogP contribution is 2.25. The van der Waals surface area contributed by atoms with Gasteiger partial charge in [-0.05, 0) is 31.7 Å². The first-order valence-corrected chi connectivity index (χ1v) is 8.32. The Morgan fingerprint density at radius 2 is 1.96 bits per heavy atom. The van der Waals surface area contributed by atoms with Crippen molar-refractivity contribution in [3.8, 4) is 0 Å². The number of carbonyl (C=O) groups excluding carboxylic acids is 2. The zero-order valence-electron chi connectivity index (χ0n) is 14.1. The number of benzene rings is 1. The van der Waals surface area contributed by atoms with Gasteiger partial charge in [0.05, 0.1) is 17.3 Å². The molecule has 24 heavy (non-hydrogen) atoms. The van der Waals surface area contributed by atoms with Crippen molar-refractivity contribution in [1.29, 1.82) is 0 Å². The Labute approximate surface area is 159 Å². The smallest absolute Gasteiger partial charge is 0.244 e. The second-order valence-electron chi connectivity index (χ2n) is 5.39. The number of halogens is 3. The minimum Gasteiger partial charge on any atom is -0.333 e. The molecule has 0 fully saturated rings. The number of rotatable bonds is 8. The third-order valence-electron chi connectivity index (χ3n) is 3.27. The molecule has 0 aliphatic heterocycles. The molecule has 1 rings (SSSR count). The molecule has 1 aromatic rings. The summed E-state index contributed by atoms with van der Waals surface area (Å²) < 4.78 is 0. The first-order chi connectivity index (χ1) is 10.9. The molecule has 5 nitrogen and oxygen atoms in total. The van der Waals surface area contributed by atoms with Crippen molar-refractivity contribution >= 4 is 53.1 Å². The van der Waals surface area contributed by atoms with Crippen LogP contribution >= 0.6 is 35.6 Å². The minimum absolute atomic E-state index is 0. The van der Waals surface area contributed by atoms with Crippen LogP contribution in [0.3, 0.4) is 0 Å². The Kier molecular flexibility index (Phi) is 11.0. The number of nitrogens with one attached hydrogen (secondary N) is 2. The molecule has 1 unspecified atom stereocenters. The molecule has 8 heteroatoms. The van der Waals surface area contributed by atoms with Crippen LogP contribution in [0.25, 0.3) is 0 Å². The number of amides is 2. The molecule has 1 atom stereocenters. The van der Waals surface area contributed by atoms with Crippen molar-refractivity contribution in [3.05, 3.63) is 28.2 Å². The van der Waals surface area contributed by atoms with E-state index >= 15 is 0 Å². The van der Waals surface area contributed by atoms with Gasteiger partial charge in [-0.25, -0.2) is 0 Å². The topological polar surface area (TPSA) is 61.4 Å². The lowest BCUT2D eigenvalue weighted by atomic mass is 10.1. The van der Waals surface area contributed by atoms with Crippen LogP contribution in [-0.2, 0) is 9.59 Å². The van der Waals surface area contributed by atoms with E-state index in [4.69, 9.17) is 23.2 Å². The van der Waals surface area contributed by atoms with Crippen molar-refractivity contribution in [2.24, 2.45) is 5.92 Å². The predicted octanol–water partition coefficient (Wildman–Crippen LogP) is 3.45. The van der Waals surface area contributed by atoms with Crippen LogP contribution in [0.2, 0.25) is 10.0 Å². The summed E-state index contributed by atoms with van der Waals surface area (Å²) >= 11 is 11.9. The van der Waals surface area contributed by atoms with Crippen molar-refractivity contribution in [1.82, 2.24) is 10.2 Å². The van der Waals surface area contributed by atoms with E-state index in [2.05, 4.69) is 10.6 Å². The maximum atomic E-state index is 12.4. The summed E-state index contributed by atoms with van der Waals surface area (Å²) in [6.45, 7) is 4.90. The molecule has 1 aromatic carbocycles. The summed E-state index contributed by atoms with van der Waals surface area (Å²) in [7, 11) is 1.79. The van der Waals surface area contributed by atoms with Crippen molar-refractivity contribution in [3.63, 3.8) is 0 Å². The molecule has 2 N–H and O–H groups in total. The van der Waals surface area contributed by atoms with Gasteiger partial charge in [0.15, 0.2) is 0 Å². The highest BCUT2D eigenvalue weighted by molar-refractivity contribution is 6.35. The predicted molar refractivity (Wildman–Crippen MR) is 102 cm³/mol. The maximum Gasteiger partial charge on any atom is 0.244 e. The summed E-state index contributed by atoms with van der Waals surface area (Å²) in [5.74, 6) is -0.532. The molecular formula is C16H24Cl3N3O2. The number of hydrogen-bond donors (Lipinski definition) is 2. The van der Waals surface area contributed by atoms with E-state index in [0.717, 1.165) is 6.42 Å². The number of carbonyl (C=O) groups is 2. The van der Waals surface area contributed by atoms with E-state index in [9.17, 15) is 9.59 Å². The first kappa shape index (κ1) is 23.0. The van der Waals surface area contributed by atoms with Crippen molar-refractivity contribution in [2.45, 2.75) is 20.3 Å². The lowest BCUT2D eigenvalue weighted by Crippen LogP contribution is -2.43. The van der Waals surface area contributed by atoms with Gasteiger partial charge in [0.2, 0.25) is 11.8 Å². The average molecular weight is 397 g/mol. The lowest BCUT2D eigenvalue weighted by molar-refractivity contribution is -0.137. The van der Waals surface area contributed by atoms with Gasteiger partial charge >= 0.3 is 0 Å². The summed E-state index contributed by atoms with van der Waals surface area (Å²) in [6, 6.07) is 4.84. The third-order valence-corrected chi connectivity index (χ3v) is 3.84. The third kappa shape index (κ3) is 7.26. The molecule has 0 bridgehead atoms. The van der Waals surface area contributed by atoms with Crippen LogP contribution in [-0.4, -0.2) is 43.4 Å². The van der Waals surface area contributed by atoms with Crippen LogP contribution in [0, 0.1) is 5.92 Å². The minimum atomic E-state index is -0.298. The van der Waals surface area contributed by atoms with E-state index in [1.54, 1.807) is 30.1 Å². The molecule has 0 heterocycles. The molecule has 0 saturated carbocycles. The Bertz CT molecular complexity index is 555. The Hall–Kier alpha value is -1.01. The van der Waals surface area contributed by atoms with E-state index in [1.807, 2.05) is 13.8 Å². The van der Waals surface area contributed by atoms with Crippen LogP contribution in [0.15, 0.2) is 18.2 Å². The molecular weight excluding hydrogens is 373 g/mol. The van der Waals surface area contributed by atoms with E-state index in [1.165, 1.54) is 0 Å². The molecule has 0 aliphatic rings. The van der Waals surface area contributed by atoms with Crippen LogP contribution < -0.4 is 10.6 Å². The number of nitrogens with zero attached hydrogens (tertiary/aromatic N) is 1. The van der Waals surface area contributed by atoms with Crippen LogP contribution in [0.4, 0.5) is 5.69 Å². The Balaban J connectivity index is 0.00000529. The summed E-state index contributed by atoms with van der Waals surface area (Å²) in [5.41, 5.74) is 0.441. The molecule has 136 valence electrons. The molecule has 0 spiro atoms. The number of hydrogen-bond acceptors (Lipinski definition) is 3. The highest BCUT2D eigenvalue weighted by atomic mass is 35.5. The van der Waals surface area contributed by atoms with E-state index in [-0.39, 0.29) is 36.7 Å². The zero-order chi connectivity index (χ0) is 17.4. The molecule has 0 radical (unpaired) electrons. The van der Waals surface area contributed by atoms with E-state index < -0.39 is 0 Å². The van der Waals surface area contributed by atoms with Gasteiger partial charge in [-0.1, -0.05) is 37.0 Å². The standard InChI is InChI=1S/C16H23Cl2N3O2.ClH/c1-4-7-21(16(23)11(2)9-19-3)10-15(22)20-14-8-12(17)5-6-13(14)18;/h5-6,8,11,19H,4,7,9-10H2,1-3H3,(H,20,22);1H. The van der Waals surface area contributed by atoms with Gasteiger partial charge in [0.25, 0.3) is 0 Å². The monoisotopic (exact) mass is 395 g/mol. The summed E-state index contributed by atoms with van der Waals surface area (Å²) in [4.78, 5) is 26.2. The maximum absolute atomic E-state index is 12.4. The van der Waals surface area contributed by atoms with Gasteiger partial charge in [-0.3, -0.25) is 9.59 Å². The fourth-order valence-electron chi connectivity index (χ4n) is 2.20. The van der Waals surface area contributed by atoms with Crippen molar-refractivity contribution in [2.75, 3.05) is 32.0 Å². The first-order valence-electron chi connectivity index (χ1n) is 7.57. The SMILES string of the molecule is CCCN(CC(=O)Nc1cc(Cl)ccc1Cl)C(=O)C(C)CNC.Cl. The fourth-order valence-corrected chi connectivity index (χ4v) is 2.54. The Morgan fingerprint density at radius 3 is 2.54 bits per heavy atom. The van der Waals surface area contributed by atoms with Crippen LogP contribution in [0.5, 0.6) is 0 Å². The second kappa shape index (κ2) is 11.5.